The van der Waals surface area contributed by atoms with E-state index in [9.17, 15) is 10.1 Å². The summed E-state index contributed by atoms with van der Waals surface area (Å²) < 4.78 is 0. The van der Waals surface area contributed by atoms with Crippen LogP contribution in [0.4, 0.5) is 11.4 Å². The van der Waals surface area contributed by atoms with Gasteiger partial charge >= 0.3 is 0 Å². The predicted molar refractivity (Wildman–Crippen MR) is 60.9 cm³/mol. The number of rotatable bonds is 3. The number of nitro groups is 1. The van der Waals surface area contributed by atoms with E-state index in [4.69, 9.17) is 0 Å². The fourth-order valence-corrected chi connectivity index (χ4v) is 1.29. The van der Waals surface area contributed by atoms with Crippen LogP contribution in [-0.2, 0) is 0 Å². The van der Waals surface area contributed by atoms with Crippen LogP contribution in [0.3, 0.4) is 0 Å². The van der Waals surface area contributed by atoms with Crippen molar-refractivity contribution in [3.05, 3.63) is 46.2 Å². The highest BCUT2D eigenvalue weighted by Gasteiger charge is 2.06. The summed E-state index contributed by atoms with van der Waals surface area (Å²) in [7, 11) is 1.87. The summed E-state index contributed by atoms with van der Waals surface area (Å²) in [6, 6.07) is 6.56. The maximum absolute atomic E-state index is 10.6. The van der Waals surface area contributed by atoms with Crippen molar-refractivity contribution in [1.82, 2.24) is 0 Å². The van der Waals surface area contributed by atoms with Gasteiger partial charge in [-0.05, 0) is 19.9 Å². The average molecular weight is 206 g/mol. The molecule has 0 saturated carbocycles. The van der Waals surface area contributed by atoms with Gasteiger partial charge in [0.15, 0.2) is 0 Å². The molecule has 0 aliphatic heterocycles. The molecular formula is C11H14N2O2. The molecule has 0 bridgehead atoms. The van der Waals surface area contributed by atoms with Crippen LogP contribution in [0.5, 0.6) is 0 Å². The minimum Gasteiger partial charge on any atom is -0.351 e. The van der Waals surface area contributed by atoms with Gasteiger partial charge in [-0.15, -0.1) is 0 Å². The van der Waals surface area contributed by atoms with E-state index in [2.05, 4.69) is 0 Å². The molecule has 0 aliphatic rings. The summed E-state index contributed by atoms with van der Waals surface area (Å²) in [5, 5.41) is 10.6. The van der Waals surface area contributed by atoms with Crippen LogP contribution in [0.2, 0.25) is 0 Å². The largest absolute Gasteiger partial charge is 0.351 e. The minimum absolute atomic E-state index is 0.113. The zero-order valence-electron chi connectivity index (χ0n) is 9.10. The van der Waals surface area contributed by atoms with E-state index in [-0.39, 0.29) is 10.6 Å². The van der Waals surface area contributed by atoms with Crippen molar-refractivity contribution in [3.63, 3.8) is 0 Å². The normalized spacial score (nSPS) is 9.53. The van der Waals surface area contributed by atoms with E-state index in [0.29, 0.717) is 0 Å². The van der Waals surface area contributed by atoms with Gasteiger partial charge in [0.1, 0.15) is 0 Å². The molecule has 0 atom stereocenters. The van der Waals surface area contributed by atoms with E-state index in [1.807, 2.05) is 38.1 Å². The number of allylic oxidation sites excluding steroid dienone is 1. The van der Waals surface area contributed by atoms with Gasteiger partial charge in [-0.25, -0.2) is 0 Å². The van der Waals surface area contributed by atoms with Crippen LogP contribution in [0.15, 0.2) is 36.0 Å². The van der Waals surface area contributed by atoms with Crippen molar-refractivity contribution in [3.8, 4) is 0 Å². The monoisotopic (exact) mass is 206 g/mol. The van der Waals surface area contributed by atoms with Gasteiger partial charge in [-0.2, -0.15) is 0 Å². The van der Waals surface area contributed by atoms with Crippen molar-refractivity contribution >= 4 is 11.4 Å². The quantitative estimate of drug-likeness (QED) is 0.564. The molecule has 0 heterocycles. The number of hydrogen-bond acceptors (Lipinski definition) is 3. The second kappa shape index (κ2) is 4.59. The topological polar surface area (TPSA) is 46.4 Å². The van der Waals surface area contributed by atoms with Crippen molar-refractivity contribution in [1.29, 1.82) is 0 Å². The van der Waals surface area contributed by atoms with Gasteiger partial charge in [-0.1, -0.05) is 11.6 Å². The molecule has 1 aromatic rings. The molecule has 0 N–H and O–H groups in total. The zero-order chi connectivity index (χ0) is 11.4. The van der Waals surface area contributed by atoms with Crippen LogP contribution < -0.4 is 4.90 Å². The summed E-state index contributed by atoms with van der Waals surface area (Å²) in [5.74, 6) is 0. The van der Waals surface area contributed by atoms with Gasteiger partial charge in [-0.3, -0.25) is 10.1 Å². The number of non-ortho nitro benzene ring substituents is 1. The van der Waals surface area contributed by atoms with Crippen LogP contribution in [0, 0.1) is 10.1 Å². The van der Waals surface area contributed by atoms with Gasteiger partial charge in [0.25, 0.3) is 5.69 Å². The summed E-state index contributed by atoms with van der Waals surface area (Å²) in [4.78, 5) is 12.0. The lowest BCUT2D eigenvalue weighted by Gasteiger charge is -2.14. The van der Waals surface area contributed by atoms with Gasteiger partial charge in [0.2, 0.25) is 0 Å². The molecule has 0 radical (unpaired) electrons. The third kappa shape index (κ3) is 3.09. The van der Waals surface area contributed by atoms with Crippen molar-refractivity contribution in [2.45, 2.75) is 13.8 Å². The van der Waals surface area contributed by atoms with E-state index in [0.717, 1.165) is 11.3 Å². The molecule has 4 heteroatoms. The lowest BCUT2D eigenvalue weighted by molar-refractivity contribution is -0.384. The first kappa shape index (κ1) is 11.2. The lowest BCUT2D eigenvalue weighted by atomic mass is 10.2. The van der Waals surface area contributed by atoms with Crippen molar-refractivity contribution < 1.29 is 4.92 Å². The molecule has 0 aliphatic carbocycles. The van der Waals surface area contributed by atoms with Gasteiger partial charge in [0, 0.05) is 31.1 Å². The Morgan fingerprint density at radius 2 is 2.13 bits per heavy atom. The number of anilines is 1. The number of nitro benzene ring substituents is 1. The molecule has 15 heavy (non-hydrogen) atoms. The predicted octanol–water partition coefficient (Wildman–Crippen LogP) is 2.95. The molecule has 1 aromatic carbocycles. The molecular weight excluding hydrogens is 192 g/mol. The Bertz CT molecular complexity index is 395. The Morgan fingerprint density at radius 3 is 2.67 bits per heavy atom. The highest BCUT2D eigenvalue weighted by Crippen LogP contribution is 2.20. The number of benzene rings is 1. The summed E-state index contributed by atoms with van der Waals surface area (Å²) in [6.45, 7) is 3.96. The van der Waals surface area contributed by atoms with Crippen molar-refractivity contribution in [2.24, 2.45) is 0 Å². The third-order valence-corrected chi connectivity index (χ3v) is 1.90. The van der Waals surface area contributed by atoms with Gasteiger partial charge in [0.05, 0.1) is 4.92 Å². The maximum atomic E-state index is 10.6. The Kier molecular flexibility index (Phi) is 3.44. The first-order valence-corrected chi connectivity index (χ1v) is 4.63. The number of hydrogen-bond donors (Lipinski definition) is 0. The molecule has 0 amide bonds. The van der Waals surface area contributed by atoms with Crippen LogP contribution in [0.1, 0.15) is 13.8 Å². The van der Waals surface area contributed by atoms with Crippen LogP contribution in [0.25, 0.3) is 0 Å². The molecule has 0 spiro atoms. The molecule has 0 unspecified atom stereocenters. The van der Waals surface area contributed by atoms with E-state index in [1.165, 1.54) is 6.07 Å². The van der Waals surface area contributed by atoms with E-state index in [1.54, 1.807) is 12.1 Å². The maximum Gasteiger partial charge on any atom is 0.271 e. The highest BCUT2D eigenvalue weighted by molar-refractivity contribution is 5.54. The Hall–Kier alpha value is -1.84. The Balaban J connectivity index is 3.00. The van der Waals surface area contributed by atoms with Crippen molar-refractivity contribution in [2.75, 3.05) is 11.9 Å². The minimum atomic E-state index is -0.389. The molecule has 1 rings (SSSR count). The average Bonchev–Trinajstić information content (AvgIpc) is 2.17. The van der Waals surface area contributed by atoms with Crippen LogP contribution in [-0.4, -0.2) is 12.0 Å². The summed E-state index contributed by atoms with van der Waals surface area (Å²) in [5.41, 5.74) is 2.07. The first-order chi connectivity index (χ1) is 7.00. The Morgan fingerprint density at radius 1 is 1.47 bits per heavy atom. The summed E-state index contributed by atoms with van der Waals surface area (Å²) in [6.07, 6.45) is 1.93. The zero-order valence-corrected chi connectivity index (χ0v) is 9.10. The fourth-order valence-electron chi connectivity index (χ4n) is 1.29. The molecule has 4 nitrogen and oxygen atoms in total. The summed E-state index contributed by atoms with van der Waals surface area (Å²) >= 11 is 0. The Labute approximate surface area is 89.0 Å². The molecule has 0 saturated heterocycles. The third-order valence-electron chi connectivity index (χ3n) is 1.90. The second-order valence-electron chi connectivity index (χ2n) is 3.59. The lowest BCUT2D eigenvalue weighted by Crippen LogP contribution is -2.08. The van der Waals surface area contributed by atoms with E-state index >= 15 is 0 Å². The molecule has 0 fully saturated rings. The van der Waals surface area contributed by atoms with E-state index < -0.39 is 0 Å². The first-order valence-electron chi connectivity index (χ1n) is 4.63. The van der Waals surface area contributed by atoms with Crippen LogP contribution >= 0.6 is 0 Å². The fraction of sp³-hybridized carbons (Fsp3) is 0.273. The molecule has 80 valence electrons. The second-order valence-corrected chi connectivity index (χ2v) is 3.59. The number of nitrogens with zero attached hydrogens (tertiary/aromatic N) is 2. The highest BCUT2D eigenvalue weighted by atomic mass is 16.6. The smallest absolute Gasteiger partial charge is 0.271 e. The van der Waals surface area contributed by atoms with Gasteiger partial charge < -0.3 is 4.90 Å². The SMILES string of the molecule is CC(C)=CN(C)c1cccc([N+](=O)[O-])c1. The molecule has 0 aromatic heterocycles. The standard InChI is InChI=1S/C11H14N2O2/c1-9(2)8-12(3)10-5-4-6-11(7-10)13(14)15/h4-8H,1-3H3.